The third-order valence-corrected chi connectivity index (χ3v) is 5.17. The summed E-state index contributed by atoms with van der Waals surface area (Å²) >= 11 is 0. The van der Waals surface area contributed by atoms with Crippen LogP contribution in [0.15, 0.2) is 35.3 Å². The number of benzene rings is 1. The van der Waals surface area contributed by atoms with Gasteiger partial charge in [0.1, 0.15) is 0 Å². The first-order chi connectivity index (χ1) is 13.0. The van der Waals surface area contributed by atoms with E-state index in [1.165, 1.54) is 5.56 Å². The molecule has 0 amide bonds. The number of ether oxygens (including phenoxy) is 1. The zero-order valence-electron chi connectivity index (χ0n) is 17.6. The molecule has 2 rings (SSSR count). The van der Waals surface area contributed by atoms with Crippen molar-refractivity contribution in [3.63, 3.8) is 0 Å². The van der Waals surface area contributed by atoms with Gasteiger partial charge in [-0.3, -0.25) is 9.79 Å². The van der Waals surface area contributed by atoms with Crippen molar-refractivity contribution in [3.05, 3.63) is 35.9 Å². The number of likely N-dealkylation sites (N-methyl/N-ethyl adjacent to an activating group) is 1. The van der Waals surface area contributed by atoms with Gasteiger partial charge in [-0.05, 0) is 45.8 Å². The molecule has 0 saturated carbocycles. The van der Waals surface area contributed by atoms with Crippen LogP contribution in [-0.2, 0) is 16.0 Å². The van der Waals surface area contributed by atoms with E-state index in [9.17, 15) is 4.79 Å². The molecule has 0 spiro atoms. The van der Waals surface area contributed by atoms with Crippen LogP contribution < -0.4 is 5.32 Å². The van der Waals surface area contributed by atoms with Crippen molar-refractivity contribution >= 4 is 35.9 Å². The lowest BCUT2D eigenvalue weighted by Crippen LogP contribution is -2.50. The minimum absolute atomic E-state index is 0. The largest absolute Gasteiger partial charge is 0.466 e. The second-order valence-corrected chi connectivity index (χ2v) is 7.25. The number of carbonyl (C=O) groups excluding carboxylic acids is 1. The highest BCUT2D eigenvalue weighted by atomic mass is 127. The Morgan fingerprint density at radius 1 is 1.29 bits per heavy atom. The number of nitrogens with one attached hydrogen (secondary N) is 1. The number of nitrogens with zero attached hydrogens (tertiary/aromatic N) is 3. The van der Waals surface area contributed by atoms with Crippen LogP contribution in [0, 0.1) is 5.92 Å². The molecule has 1 aromatic rings. The Morgan fingerprint density at radius 3 is 2.46 bits per heavy atom. The van der Waals surface area contributed by atoms with Crippen LogP contribution in [-0.4, -0.2) is 75.2 Å². The number of esters is 1. The fourth-order valence-electron chi connectivity index (χ4n) is 3.45. The Balaban J connectivity index is 0.00000392. The van der Waals surface area contributed by atoms with Gasteiger partial charge in [-0.25, -0.2) is 0 Å². The predicted octanol–water partition coefficient (Wildman–Crippen LogP) is 2.63. The quantitative estimate of drug-likeness (QED) is 0.269. The van der Waals surface area contributed by atoms with E-state index in [0.717, 1.165) is 44.9 Å². The molecule has 0 aliphatic carbocycles. The van der Waals surface area contributed by atoms with E-state index >= 15 is 0 Å². The lowest BCUT2D eigenvalue weighted by molar-refractivity contribution is -0.149. The molecule has 7 heteroatoms. The molecular weight excluding hydrogens is 467 g/mol. The summed E-state index contributed by atoms with van der Waals surface area (Å²) in [6.45, 7) is 4.79. The maximum absolute atomic E-state index is 11.9. The molecule has 1 aliphatic rings. The summed E-state index contributed by atoms with van der Waals surface area (Å²) in [5.74, 6) is 0.875. The third-order valence-electron chi connectivity index (χ3n) is 5.17. The number of piperidine rings is 1. The topological polar surface area (TPSA) is 57.2 Å². The van der Waals surface area contributed by atoms with Crippen LogP contribution in [0.4, 0.5) is 0 Å². The smallest absolute Gasteiger partial charge is 0.309 e. The average molecular weight is 502 g/mol. The second kappa shape index (κ2) is 13.0. The second-order valence-electron chi connectivity index (χ2n) is 7.25. The lowest BCUT2D eigenvalue weighted by Gasteiger charge is -2.34. The summed E-state index contributed by atoms with van der Waals surface area (Å²) in [5, 5.41) is 3.53. The Kier molecular flexibility index (Phi) is 11.4. The number of guanidine groups is 1. The van der Waals surface area contributed by atoms with Crippen molar-refractivity contribution in [1.29, 1.82) is 0 Å². The van der Waals surface area contributed by atoms with Crippen molar-refractivity contribution in [2.45, 2.75) is 32.2 Å². The van der Waals surface area contributed by atoms with Crippen molar-refractivity contribution in [1.82, 2.24) is 15.1 Å². The van der Waals surface area contributed by atoms with Crippen molar-refractivity contribution < 1.29 is 9.53 Å². The van der Waals surface area contributed by atoms with Gasteiger partial charge < -0.3 is 19.9 Å². The van der Waals surface area contributed by atoms with Gasteiger partial charge >= 0.3 is 5.97 Å². The van der Waals surface area contributed by atoms with E-state index in [-0.39, 0.29) is 35.9 Å². The Morgan fingerprint density at radius 2 is 1.93 bits per heavy atom. The summed E-state index contributed by atoms with van der Waals surface area (Å²) in [6.07, 6.45) is 2.63. The Hall–Kier alpha value is -1.35. The summed E-state index contributed by atoms with van der Waals surface area (Å²) < 4.78 is 5.16. The molecule has 1 fully saturated rings. The Labute approximate surface area is 186 Å². The normalized spacial score (nSPS) is 16.5. The average Bonchev–Trinajstić information content (AvgIpc) is 2.68. The van der Waals surface area contributed by atoms with Gasteiger partial charge in [-0.15, -0.1) is 24.0 Å². The van der Waals surface area contributed by atoms with Crippen LogP contribution in [0.2, 0.25) is 0 Å². The SMILES string of the molecule is CCOC(=O)C1CCN(C(=NC)NCC(Cc2ccccc2)N(C)C)CC1.I. The van der Waals surface area contributed by atoms with Gasteiger partial charge in [-0.2, -0.15) is 0 Å². The first-order valence-corrected chi connectivity index (χ1v) is 9.87. The molecule has 1 heterocycles. The molecule has 1 unspecified atom stereocenters. The van der Waals surface area contributed by atoms with E-state index in [1.807, 2.05) is 20.0 Å². The molecule has 1 atom stereocenters. The standard InChI is InChI=1S/C21H34N4O2.HI/c1-5-27-20(26)18-11-13-25(14-12-18)21(22-2)23-16-19(24(3)4)15-17-9-7-6-8-10-17;/h6-10,18-19H,5,11-16H2,1-4H3,(H,22,23);1H. The van der Waals surface area contributed by atoms with Crippen molar-refractivity contribution in [2.75, 3.05) is 47.4 Å². The fourth-order valence-corrected chi connectivity index (χ4v) is 3.45. The molecule has 0 radical (unpaired) electrons. The molecule has 6 nitrogen and oxygen atoms in total. The summed E-state index contributed by atoms with van der Waals surface area (Å²) in [5.41, 5.74) is 1.34. The summed E-state index contributed by atoms with van der Waals surface area (Å²) in [4.78, 5) is 20.9. The third kappa shape index (κ3) is 7.58. The lowest BCUT2D eigenvalue weighted by atomic mass is 9.97. The fraction of sp³-hybridized carbons (Fsp3) is 0.619. The van der Waals surface area contributed by atoms with Gasteiger partial charge in [0, 0.05) is 32.7 Å². The van der Waals surface area contributed by atoms with Gasteiger partial charge in [0.05, 0.1) is 12.5 Å². The molecule has 0 bridgehead atoms. The van der Waals surface area contributed by atoms with Crippen LogP contribution in [0.5, 0.6) is 0 Å². The summed E-state index contributed by atoms with van der Waals surface area (Å²) in [6, 6.07) is 10.9. The maximum Gasteiger partial charge on any atom is 0.309 e. The van der Waals surface area contributed by atoms with E-state index < -0.39 is 0 Å². The molecule has 158 valence electrons. The van der Waals surface area contributed by atoms with E-state index in [2.05, 4.69) is 58.5 Å². The van der Waals surface area contributed by atoms with Crippen LogP contribution in [0.25, 0.3) is 0 Å². The monoisotopic (exact) mass is 502 g/mol. The minimum Gasteiger partial charge on any atom is -0.466 e. The first-order valence-electron chi connectivity index (χ1n) is 9.87. The van der Waals surface area contributed by atoms with Crippen molar-refractivity contribution in [3.8, 4) is 0 Å². The number of halogens is 1. The number of rotatable bonds is 7. The van der Waals surface area contributed by atoms with Gasteiger partial charge in [0.2, 0.25) is 0 Å². The van der Waals surface area contributed by atoms with Crippen LogP contribution in [0.1, 0.15) is 25.3 Å². The number of carbonyl (C=O) groups is 1. The van der Waals surface area contributed by atoms with E-state index in [4.69, 9.17) is 4.74 Å². The molecule has 1 aromatic carbocycles. The van der Waals surface area contributed by atoms with Gasteiger partial charge in [0.15, 0.2) is 5.96 Å². The van der Waals surface area contributed by atoms with Crippen LogP contribution in [0.3, 0.4) is 0 Å². The molecule has 0 aromatic heterocycles. The number of aliphatic imine (C=N–C) groups is 1. The van der Waals surface area contributed by atoms with Crippen LogP contribution >= 0.6 is 24.0 Å². The van der Waals surface area contributed by atoms with Gasteiger partial charge in [0.25, 0.3) is 0 Å². The highest BCUT2D eigenvalue weighted by Crippen LogP contribution is 2.18. The zero-order valence-corrected chi connectivity index (χ0v) is 19.9. The summed E-state index contributed by atoms with van der Waals surface area (Å²) in [7, 11) is 6.05. The van der Waals surface area contributed by atoms with Gasteiger partial charge in [-0.1, -0.05) is 30.3 Å². The molecule has 1 saturated heterocycles. The number of hydrogen-bond donors (Lipinski definition) is 1. The van der Waals surface area contributed by atoms with Crippen molar-refractivity contribution in [2.24, 2.45) is 10.9 Å². The molecule has 1 N–H and O–H groups in total. The molecular formula is C21H35IN4O2. The van der Waals surface area contributed by atoms with E-state index in [1.54, 1.807) is 0 Å². The zero-order chi connectivity index (χ0) is 19.6. The number of likely N-dealkylation sites (tertiary alicyclic amines) is 1. The molecule has 28 heavy (non-hydrogen) atoms. The Bertz CT molecular complexity index is 602. The highest BCUT2D eigenvalue weighted by Gasteiger charge is 2.27. The first kappa shape index (κ1) is 24.7. The minimum atomic E-state index is -0.0596. The maximum atomic E-state index is 11.9. The number of hydrogen-bond acceptors (Lipinski definition) is 4. The van der Waals surface area contributed by atoms with E-state index in [0.29, 0.717) is 12.6 Å². The highest BCUT2D eigenvalue weighted by molar-refractivity contribution is 14.0. The molecule has 1 aliphatic heterocycles. The predicted molar refractivity (Wildman–Crippen MR) is 125 cm³/mol.